The van der Waals surface area contributed by atoms with E-state index in [4.69, 9.17) is 0 Å². The molecular formula is C16H27N. The van der Waals surface area contributed by atoms with E-state index in [1.807, 2.05) is 0 Å². The van der Waals surface area contributed by atoms with Crippen molar-refractivity contribution in [3.05, 3.63) is 35.9 Å². The standard InChI is InChI=1S/C16H27N/c1-5-9-15(16(2,3)4)13-17-12-14-10-7-6-8-11-14/h6-8,10-11,15,17H,5,9,12-13H2,1-4H3. The number of nitrogens with one attached hydrogen (secondary N) is 1. The number of rotatable bonds is 6. The molecule has 0 bridgehead atoms. The molecule has 0 amide bonds. The molecule has 1 atom stereocenters. The molecule has 96 valence electrons. The molecule has 17 heavy (non-hydrogen) atoms. The molecule has 1 heteroatoms. The predicted molar refractivity (Wildman–Crippen MR) is 76.0 cm³/mol. The fourth-order valence-corrected chi connectivity index (χ4v) is 2.18. The molecule has 0 aliphatic carbocycles. The summed E-state index contributed by atoms with van der Waals surface area (Å²) in [5.74, 6) is 0.760. The molecule has 0 saturated carbocycles. The monoisotopic (exact) mass is 233 g/mol. The molecule has 0 spiro atoms. The Balaban J connectivity index is 2.37. The molecular weight excluding hydrogens is 206 g/mol. The molecule has 1 rings (SSSR count). The van der Waals surface area contributed by atoms with Gasteiger partial charge in [0.15, 0.2) is 0 Å². The maximum absolute atomic E-state index is 3.59. The van der Waals surface area contributed by atoms with Gasteiger partial charge >= 0.3 is 0 Å². The first kappa shape index (κ1) is 14.2. The van der Waals surface area contributed by atoms with Crippen molar-refractivity contribution in [3.8, 4) is 0 Å². The molecule has 1 aromatic rings. The Morgan fingerprint density at radius 2 is 1.76 bits per heavy atom. The lowest BCUT2D eigenvalue weighted by Gasteiger charge is -2.31. The van der Waals surface area contributed by atoms with E-state index in [9.17, 15) is 0 Å². The SMILES string of the molecule is CCCC(CNCc1ccccc1)C(C)(C)C. The van der Waals surface area contributed by atoms with Crippen LogP contribution in [0, 0.1) is 11.3 Å². The van der Waals surface area contributed by atoms with Gasteiger partial charge in [-0.1, -0.05) is 64.4 Å². The summed E-state index contributed by atoms with van der Waals surface area (Å²) in [6, 6.07) is 10.6. The third-order valence-corrected chi connectivity index (χ3v) is 3.42. The summed E-state index contributed by atoms with van der Waals surface area (Å²) in [6.45, 7) is 11.4. The van der Waals surface area contributed by atoms with Gasteiger partial charge in [-0.15, -0.1) is 0 Å². The number of hydrogen-bond acceptors (Lipinski definition) is 1. The Kier molecular flexibility index (Phi) is 5.70. The van der Waals surface area contributed by atoms with Crippen molar-refractivity contribution < 1.29 is 0 Å². The van der Waals surface area contributed by atoms with Gasteiger partial charge in [0, 0.05) is 6.54 Å². The maximum Gasteiger partial charge on any atom is 0.0205 e. The van der Waals surface area contributed by atoms with Gasteiger partial charge in [0.25, 0.3) is 0 Å². The average molecular weight is 233 g/mol. The Bertz CT molecular complexity index is 297. The molecule has 0 saturated heterocycles. The minimum Gasteiger partial charge on any atom is -0.312 e. The third-order valence-electron chi connectivity index (χ3n) is 3.42. The predicted octanol–water partition coefficient (Wildman–Crippen LogP) is 4.24. The van der Waals surface area contributed by atoms with Gasteiger partial charge in [0.05, 0.1) is 0 Å². The van der Waals surface area contributed by atoms with Gasteiger partial charge in [-0.2, -0.15) is 0 Å². The van der Waals surface area contributed by atoms with Gasteiger partial charge in [0.2, 0.25) is 0 Å². The van der Waals surface area contributed by atoms with Crippen LogP contribution in [0.15, 0.2) is 30.3 Å². The van der Waals surface area contributed by atoms with Crippen molar-refractivity contribution in [3.63, 3.8) is 0 Å². The van der Waals surface area contributed by atoms with Crippen LogP contribution in [-0.4, -0.2) is 6.54 Å². The smallest absolute Gasteiger partial charge is 0.0205 e. The Hall–Kier alpha value is -0.820. The summed E-state index contributed by atoms with van der Waals surface area (Å²) in [5.41, 5.74) is 1.77. The number of hydrogen-bond donors (Lipinski definition) is 1. The minimum absolute atomic E-state index is 0.402. The fourth-order valence-electron chi connectivity index (χ4n) is 2.18. The maximum atomic E-state index is 3.59. The molecule has 0 heterocycles. The van der Waals surface area contributed by atoms with Crippen LogP contribution in [0.3, 0.4) is 0 Å². The van der Waals surface area contributed by atoms with Crippen molar-refractivity contribution in [2.45, 2.75) is 47.1 Å². The third kappa shape index (κ3) is 5.36. The van der Waals surface area contributed by atoms with E-state index in [1.165, 1.54) is 18.4 Å². The molecule has 0 aliphatic heterocycles. The van der Waals surface area contributed by atoms with Crippen LogP contribution in [0.25, 0.3) is 0 Å². The number of benzene rings is 1. The highest BCUT2D eigenvalue weighted by atomic mass is 14.9. The van der Waals surface area contributed by atoms with Crippen LogP contribution >= 0.6 is 0 Å². The minimum atomic E-state index is 0.402. The quantitative estimate of drug-likeness (QED) is 0.775. The van der Waals surface area contributed by atoms with E-state index in [0.29, 0.717) is 5.41 Å². The zero-order valence-electron chi connectivity index (χ0n) is 11.8. The van der Waals surface area contributed by atoms with Gasteiger partial charge < -0.3 is 5.32 Å². The second-order valence-corrected chi connectivity index (χ2v) is 5.97. The average Bonchev–Trinajstić information content (AvgIpc) is 2.28. The first-order chi connectivity index (χ1) is 8.04. The lowest BCUT2D eigenvalue weighted by atomic mass is 9.78. The molecule has 1 nitrogen and oxygen atoms in total. The van der Waals surface area contributed by atoms with Gasteiger partial charge in [-0.05, 0) is 29.9 Å². The lowest BCUT2D eigenvalue weighted by molar-refractivity contribution is 0.216. The highest BCUT2D eigenvalue weighted by Crippen LogP contribution is 2.29. The summed E-state index contributed by atoms with van der Waals surface area (Å²) in [7, 11) is 0. The molecule has 0 aliphatic rings. The first-order valence-corrected chi connectivity index (χ1v) is 6.78. The van der Waals surface area contributed by atoms with E-state index in [1.54, 1.807) is 0 Å². The Morgan fingerprint density at radius 3 is 2.29 bits per heavy atom. The molecule has 1 unspecified atom stereocenters. The molecule has 0 aromatic heterocycles. The van der Waals surface area contributed by atoms with E-state index in [2.05, 4.69) is 63.3 Å². The van der Waals surface area contributed by atoms with E-state index >= 15 is 0 Å². The second-order valence-electron chi connectivity index (χ2n) is 5.97. The van der Waals surface area contributed by atoms with Crippen molar-refractivity contribution in [2.75, 3.05) is 6.54 Å². The summed E-state index contributed by atoms with van der Waals surface area (Å²) in [6.07, 6.45) is 2.58. The Labute approximate surface area is 107 Å². The van der Waals surface area contributed by atoms with Crippen LogP contribution in [-0.2, 0) is 6.54 Å². The van der Waals surface area contributed by atoms with Gasteiger partial charge in [0.1, 0.15) is 0 Å². The van der Waals surface area contributed by atoms with Crippen molar-refractivity contribution >= 4 is 0 Å². The van der Waals surface area contributed by atoms with Crippen molar-refractivity contribution in [1.29, 1.82) is 0 Å². The highest BCUT2D eigenvalue weighted by molar-refractivity contribution is 5.14. The summed E-state index contributed by atoms with van der Waals surface area (Å²) >= 11 is 0. The van der Waals surface area contributed by atoms with Gasteiger partial charge in [-0.25, -0.2) is 0 Å². The Morgan fingerprint density at radius 1 is 1.12 bits per heavy atom. The topological polar surface area (TPSA) is 12.0 Å². The molecule has 1 aromatic carbocycles. The van der Waals surface area contributed by atoms with E-state index in [0.717, 1.165) is 19.0 Å². The summed E-state index contributed by atoms with van der Waals surface area (Å²) in [4.78, 5) is 0. The van der Waals surface area contributed by atoms with E-state index in [-0.39, 0.29) is 0 Å². The lowest BCUT2D eigenvalue weighted by Crippen LogP contribution is -2.31. The second kappa shape index (κ2) is 6.80. The van der Waals surface area contributed by atoms with Crippen LogP contribution in [0.5, 0.6) is 0 Å². The summed E-state index contributed by atoms with van der Waals surface area (Å²) < 4.78 is 0. The van der Waals surface area contributed by atoms with Crippen LogP contribution in [0.2, 0.25) is 0 Å². The zero-order chi connectivity index (χ0) is 12.7. The van der Waals surface area contributed by atoms with Crippen LogP contribution in [0.4, 0.5) is 0 Å². The zero-order valence-corrected chi connectivity index (χ0v) is 11.8. The molecule has 0 radical (unpaired) electrons. The fraction of sp³-hybridized carbons (Fsp3) is 0.625. The highest BCUT2D eigenvalue weighted by Gasteiger charge is 2.22. The molecule has 0 fully saturated rings. The normalized spacial score (nSPS) is 13.6. The summed E-state index contributed by atoms with van der Waals surface area (Å²) in [5, 5.41) is 3.59. The first-order valence-electron chi connectivity index (χ1n) is 6.78. The molecule has 1 N–H and O–H groups in total. The van der Waals surface area contributed by atoms with Gasteiger partial charge in [-0.3, -0.25) is 0 Å². The van der Waals surface area contributed by atoms with Crippen LogP contribution in [0.1, 0.15) is 46.1 Å². The largest absolute Gasteiger partial charge is 0.312 e. The van der Waals surface area contributed by atoms with Crippen LogP contribution < -0.4 is 5.32 Å². The van der Waals surface area contributed by atoms with Crippen molar-refractivity contribution in [1.82, 2.24) is 5.32 Å². The van der Waals surface area contributed by atoms with Crippen molar-refractivity contribution in [2.24, 2.45) is 11.3 Å². The van der Waals surface area contributed by atoms with E-state index < -0.39 is 0 Å².